The maximum atomic E-state index is 13.0. The zero-order valence-electron chi connectivity index (χ0n) is 19.5. The number of benzene rings is 2. The van der Waals surface area contributed by atoms with Crippen molar-refractivity contribution >= 4 is 33.1 Å². The zero-order chi connectivity index (χ0) is 24.4. The largest absolute Gasteiger partial charge is 0.374 e. The SMILES string of the molecule is CN1CC(CC(=O)N2CCN(c3ccc(S(=O)(=O)Nc4ccncn4)cc3)CC2)c2ccccc21. The average Bonchev–Trinajstić information content (AvgIpc) is 3.20. The van der Waals surface area contributed by atoms with Crippen LogP contribution in [0.4, 0.5) is 17.2 Å². The number of anilines is 3. The van der Waals surface area contributed by atoms with E-state index in [0.717, 1.165) is 12.2 Å². The van der Waals surface area contributed by atoms with Gasteiger partial charge >= 0.3 is 0 Å². The van der Waals surface area contributed by atoms with Gasteiger partial charge in [0.25, 0.3) is 10.0 Å². The summed E-state index contributed by atoms with van der Waals surface area (Å²) in [6.07, 6.45) is 3.28. The molecule has 1 amide bonds. The van der Waals surface area contributed by atoms with Crippen LogP contribution in [0.1, 0.15) is 17.9 Å². The lowest BCUT2D eigenvalue weighted by atomic mass is 9.97. The highest BCUT2D eigenvalue weighted by Gasteiger charge is 2.30. The van der Waals surface area contributed by atoms with E-state index >= 15 is 0 Å². The van der Waals surface area contributed by atoms with Crippen molar-refractivity contribution in [3.05, 3.63) is 72.7 Å². The van der Waals surface area contributed by atoms with E-state index in [1.54, 1.807) is 24.3 Å². The van der Waals surface area contributed by atoms with Gasteiger partial charge in [-0.15, -0.1) is 0 Å². The van der Waals surface area contributed by atoms with Gasteiger partial charge in [0.1, 0.15) is 12.1 Å². The minimum Gasteiger partial charge on any atom is -0.374 e. The van der Waals surface area contributed by atoms with Crippen molar-refractivity contribution < 1.29 is 13.2 Å². The van der Waals surface area contributed by atoms with E-state index in [0.29, 0.717) is 32.6 Å². The second-order valence-corrected chi connectivity index (χ2v) is 10.6. The Balaban J connectivity index is 1.17. The number of sulfonamides is 1. The van der Waals surface area contributed by atoms with Crippen molar-refractivity contribution in [2.24, 2.45) is 0 Å². The highest BCUT2D eigenvalue weighted by Crippen LogP contribution is 2.37. The minimum atomic E-state index is -3.73. The van der Waals surface area contributed by atoms with Gasteiger partial charge in [0.15, 0.2) is 0 Å². The number of para-hydroxylation sites is 1. The predicted molar refractivity (Wildman–Crippen MR) is 135 cm³/mol. The number of likely N-dealkylation sites (N-methyl/N-ethyl adjacent to an activating group) is 1. The molecule has 3 heterocycles. The Morgan fingerprint density at radius 2 is 1.77 bits per heavy atom. The van der Waals surface area contributed by atoms with E-state index in [4.69, 9.17) is 0 Å². The molecule has 2 aliphatic heterocycles. The molecule has 5 rings (SSSR count). The normalized spacial score (nSPS) is 17.9. The highest BCUT2D eigenvalue weighted by atomic mass is 32.2. The van der Waals surface area contributed by atoms with Crippen LogP contribution < -0.4 is 14.5 Å². The summed E-state index contributed by atoms with van der Waals surface area (Å²) in [5.41, 5.74) is 3.41. The fourth-order valence-corrected chi connectivity index (χ4v) is 5.83. The molecule has 1 aromatic heterocycles. The van der Waals surface area contributed by atoms with Crippen molar-refractivity contribution in [2.75, 3.05) is 54.3 Å². The van der Waals surface area contributed by atoms with Gasteiger partial charge in [0, 0.05) is 69.7 Å². The summed E-state index contributed by atoms with van der Waals surface area (Å²) in [6, 6.07) is 16.6. The lowest BCUT2D eigenvalue weighted by Gasteiger charge is -2.36. The first kappa shape index (κ1) is 23.1. The highest BCUT2D eigenvalue weighted by molar-refractivity contribution is 7.92. The van der Waals surface area contributed by atoms with Crippen molar-refractivity contribution in [1.82, 2.24) is 14.9 Å². The first-order valence-electron chi connectivity index (χ1n) is 11.6. The molecule has 0 aliphatic carbocycles. The van der Waals surface area contributed by atoms with Gasteiger partial charge in [-0.1, -0.05) is 18.2 Å². The predicted octanol–water partition coefficient (Wildman–Crippen LogP) is 2.55. The molecule has 2 aliphatic rings. The molecule has 2 aromatic carbocycles. The van der Waals surface area contributed by atoms with Gasteiger partial charge in [-0.05, 0) is 42.0 Å². The van der Waals surface area contributed by atoms with Crippen molar-refractivity contribution in [3.8, 4) is 0 Å². The van der Waals surface area contributed by atoms with Crippen LogP contribution in [0.3, 0.4) is 0 Å². The Hall–Kier alpha value is -3.66. The molecule has 0 bridgehead atoms. The molecule has 10 heteroatoms. The van der Waals surface area contributed by atoms with Crippen LogP contribution in [0.5, 0.6) is 0 Å². The van der Waals surface area contributed by atoms with Gasteiger partial charge < -0.3 is 14.7 Å². The number of carbonyl (C=O) groups is 1. The van der Waals surface area contributed by atoms with E-state index in [1.165, 1.54) is 29.8 Å². The van der Waals surface area contributed by atoms with Crippen molar-refractivity contribution in [2.45, 2.75) is 17.2 Å². The third-order valence-corrected chi connectivity index (χ3v) is 8.04. The van der Waals surface area contributed by atoms with E-state index in [1.807, 2.05) is 17.0 Å². The second kappa shape index (κ2) is 9.53. The maximum absolute atomic E-state index is 13.0. The molecule has 182 valence electrons. The summed E-state index contributed by atoms with van der Waals surface area (Å²) in [5.74, 6) is 0.641. The molecule has 0 radical (unpaired) electrons. The fraction of sp³-hybridized carbons (Fsp3) is 0.320. The number of rotatable bonds is 6. The average molecular weight is 493 g/mol. The molecule has 9 nitrogen and oxygen atoms in total. The van der Waals surface area contributed by atoms with E-state index in [-0.39, 0.29) is 22.5 Å². The number of amides is 1. The summed E-state index contributed by atoms with van der Waals surface area (Å²) >= 11 is 0. The van der Waals surface area contributed by atoms with E-state index in [9.17, 15) is 13.2 Å². The van der Waals surface area contributed by atoms with Crippen LogP contribution in [0.2, 0.25) is 0 Å². The van der Waals surface area contributed by atoms with Gasteiger partial charge in [-0.2, -0.15) is 0 Å². The molecule has 0 saturated carbocycles. The van der Waals surface area contributed by atoms with Crippen LogP contribution in [0.25, 0.3) is 0 Å². The Bertz CT molecular complexity index is 1290. The lowest BCUT2D eigenvalue weighted by molar-refractivity contribution is -0.131. The van der Waals surface area contributed by atoms with Crippen LogP contribution in [0, 0.1) is 0 Å². The third-order valence-electron chi connectivity index (χ3n) is 6.67. The topological polar surface area (TPSA) is 98.7 Å². The quantitative estimate of drug-likeness (QED) is 0.565. The molecule has 1 unspecified atom stereocenters. The van der Waals surface area contributed by atoms with Gasteiger partial charge in [-0.3, -0.25) is 9.52 Å². The van der Waals surface area contributed by atoms with E-state index in [2.05, 4.69) is 43.7 Å². The molecular formula is C25H28N6O3S. The summed E-state index contributed by atoms with van der Waals surface area (Å²) < 4.78 is 27.7. The standard InChI is InChI=1S/C25H28N6O3S/c1-29-17-19(22-4-2-3-5-23(22)29)16-25(32)31-14-12-30(13-15-31)20-6-8-21(9-7-20)35(33,34)28-24-10-11-26-18-27-24/h2-11,18-19H,12-17H2,1H3,(H,26,27,28). The van der Waals surface area contributed by atoms with Gasteiger partial charge in [-0.25, -0.2) is 18.4 Å². The first-order valence-corrected chi connectivity index (χ1v) is 13.1. The molecular weight excluding hydrogens is 464 g/mol. The minimum absolute atomic E-state index is 0.162. The Morgan fingerprint density at radius 1 is 1.03 bits per heavy atom. The molecule has 1 saturated heterocycles. The number of nitrogens with zero attached hydrogens (tertiary/aromatic N) is 5. The Morgan fingerprint density at radius 3 is 2.49 bits per heavy atom. The third kappa shape index (κ3) is 4.93. The summed E-state index contributed by atoms with van der Waals surface area (Å²) in [5, 5.41) is 0. The van der Waals surface area contributed by atoms with Crippen LogP contribution in [-0.2, 0) is 14.8 Å². The van der Waals surface area contributed by atoms with E-state index < -0.39 is 10.0 Å². The number of carbonyl (C=O) groups excluding carboxylic acids is 1. The number of aromatic nitrogens is 2. The number of hydrogen-bond donors (Lipinski definition) is 1. The molecule has 1 atom stereocenters. The molecule has 0 spiro atoms. The van der Waals surface area contributed by atoms with Gasteiger partial charge in [0.05, 0.1) is 4.90 Å². The number of piperazine rings is 1. The summed E-state index contributed by atoms with van der Waals surface area (Å²) in [4.78, 5) is 27.2. The van der Waals surface area contributed by atoms with Gasteiger partial charge in [0.2, 0.25) is 5.91 Å². The first-order chi connectivity index (χ1) is 16.9. The smallest absolute Gasteiger partial charge is 0.263 e. The van der Waals surface area contributed by atoms with Crippen LogP contribution in [-0.4, -0.2) is 69.0 Å². The summed E-state index contributed by atoms with van der Waals surface area (Å²) in [6.45, 7) is 3.58. The summed E-state index contributed by atoms with van der Waals surface area (Å²) in [7, 11) is -1.66. The maximum Gasteiger partial charge on any atom is 0.263 e. The molecule has 3 aromatic rings. The lowest BCUT2D eigenvalue weighted by Crippen LogP contribution is -2.49. The number of hydrogen-bond acceptors (Lipinski definition) is 7. The fourth-order valence-electron chi connectivity index (χ4n) is 4.82. The monoisotopic (exact) mass is 492 g/mol. The Labute approximate surface area is 205 Å². The molecule has 35 heavy (non-hydrogen) atoms. The number of fused-ring (bicyclic) bond motifs is 1. The zero-order valence-corrected chi connectivity index (χ0v) is 20.4. The molecule has 1 fully saturated rings. The number of nitrogens with one attached hydrogen (secondary N) is 1. The molecule has 1 N–H and O–H groups in total. The van der Waals surface area contributed by atoms with Crippen molar-refractivity contribution in [3.63, 3.8) is 0 Å². The van der Waals surface area contributed by atoms with Crippen LogP contribution >= 0.6 is 0 Å². The van der Waals surface area contributed by atoms with Crippen molar-refractivity contribution in [1.29, 1.82) is 0 Å². The Kier molecular flexibility index (Phi) is 6.29. The second-order valence-electron chi connectivity index (χ2n) is 8.90. The van der Waals surface area contributed by atoms with Crippen LogP contribution in [0.15, 0.2) is 72.0 Å².